The van der Waals surface area contributed by atoms with Crippen molar-refractivity contribution in [3.8, 4) is 11.3 Å². The molecular weight excluding hydrogens is 380 g/mol. The summed E-state index contributed by atoms with van der Waals surface area (Å²) >= 11 is 0. The maximum atomic E-state index is 12.8. The van der Waals surface area contributed by atoms with Crippen LogP contribution in [-0.4, -0.2) is 21.6 Å². The number of nitrogens with one attached hydrogen (secondary N) is 2. The number of amides is 2. The molecule has 1 heterocycles. The summed E-state index contributed by atoms with van der Waals surface area (Å²) in [4.78, 5) is 37.0. The molecule has 0 atom stereocenters. The molecule has 0 aliphatic heterocycles. The van der Waals surface area contributed by atoms with Gasteiger partial charge in [-0.1, -0.05) is 55.5 Å². The van der Waals surface area contributed by atoms with Crippen LogP contribution in [0, 0.1) is 6.92 Å². The minimum absolute atomic E-state index is 0.0780. The van der Waals surface area contributed by atoms with Crippen LogP contribution in [0.15, 0.2) is 59.4 Å². The van der Waals surface area contributed by atoms with E-state index in [9.17, 15) is 14.4 Å². The molecule has 7 heteroatoms. The van der Waals surface area contributed by atoms with Crippen LogP contribution in [-0.2, 0) is 22.6 Å². The number of nitrogens with zero attached hydrogens (tertiary/aromatic N) is 2. The first kappa shape index (κ1) is 21.0. The van der Waals surface area contributed by atoms with E-state index in [1.54, 1.807) is 0 Å². The lowest BCUT2D eigenvalue weighted by Crippen LogP contribution is -2.32. The highest BCUT2D eigenvalue weighted by Crippen LogP contribution is 2.21. The van der Waals surface area contributed by atoms with Crippen LogP contribution in [0.3, 0.4) is 0 Å². The van der Waals surface area contributed by atoms with Gasteiger partial charge in [-0.2, -0.15) is 5.10 Å². The van der Waals surface area contributed by atoms with Gasteiger partial charge < -0.3 is 10.6 Å². The van der Waals surface area contributed by atoms with Crippen LogP contribution in [0.1, 0.15) is 25.0 Å². The quantitative estimate of drug-likeness (QED) is 0.659. The van der Waals surface area contributed by atoms with Gasteiger partial charge in [0.05, 0.1) is 5.69 Å². The summed E-state index contributed by atoms with van der Waals surface area (Å²) in [5.41, 5.74) is 3.50. The molecule has 2 aromatic carbocycles. The lowest BCUT2D eigenvalue weighted by Gasteiger charge is -2.14. The number of para-hydroxylation sites is 1. The number of hydrogen-bond acceptors (Lipinski definition) is 4. The third-order valence-electron chi connectivity index (χ3n) is 4.65. The van der Waals surface area contributed by atoms with E-state index in [-0.39, 0.29) is 24.0 Å². The molecule has 0 saturated carbocycles. The number of carbonyl (C=O) groups is 2. The number of anilines is 2. The minimum Gasteiger partial charge on any atom is -0.324 e. The molecule has 3 rings (SSSR count). The van der Waals surface area contributed by atoms with Crippen molar-refractivity contribution in [1.29, 1.82) is 0 Å². The van der Waals surface area contributed by atoms with Gasteiger partial charge in [0.25, 0.3) is 5.56 Å². The maximum absolute atomic E-state index is 12.8. The highest BCUT2D eigenvalue weighted by atomic mass is 16.2. The summed E-state index contributed by atoms with van der Waals surface area (Å²) in [5.74, 6) is -0.742. The highest BCUT2D eigenvalue weighted by molar-refractivity contribution is 5.92. The molecule has 0 fully saturated rings. The van der Waals surface area contributed by atoms with Crippen LogP contribution >= 0.6 is 0 Å². The molecular formula is C23H24N4O3. The molecule has 0 aliphatic rings. The van der Waals surface area contributed by atoms with Crippen molar-refractivity contribution >= 4 is 23.2 Å². The molecule has 0 radical (unpaired) electrons. The minimum atomic E-state index is -0.541. The Bertz CT molecular complexity index is 1140. The zero-order valence-electron chi connectivity index (χ0n) is 17.2. The molecule has 0 saturated heterocycles. The molecule has 0 aliphatic carbocycles. The van der Waals surface area contributed by atoms with E-state index < -0.39 is 5.56 Å². The Hall–Kier alpha value is -3.74. The van der Waals surface area contributed by atoms with E-state index in [1.807, 2.05) is 62.4 Å². The van der Waals surface area contributed by atoms with Crippen molar-refractivity contribution in [3.05, 3.63) is 76.1 Å². The Labute approximate surface area is 174 Å². The van der Waals surface area contributed by atoms with Crippen LogP contribution in [0.5, 0.6) is 0 Å². The zero-order valence-corrected chi connectivity index (χ0v) is 17.2. The first-order valence-electron chi connectivity index (χ1n) is 9.72. The fourth-order valence-electron chi connectivity index (χ4n) is 3.20. The van der Waals surface area contributed by atoms with Crippen LogP contribution in [0.25, 0.3) is 11.3 Å². The van der Waals surface area contributed by atoms with Crippen molar-refractivity contribution in [2.24, 2.45) is 0 Å². The third-order valence-corrected chi connectivity index (χ3v) is 4.65. The fraction of sp³-hybridized carbons (Fsp3) is 0.217. The number of aromatic nitrogens is 2. The Balaban J connectivity index is 1.96. The van der Waals surface area contributed by atoms with Crippen molar-refractivity contribution in [2.75, 3.05) is 10.6 Å². The van der Waals surface area contributed by atoms with Crippen LogP contribution < -0.4 is 16.2 Å². The van der Waals surface area contributed by atoms with Gasteiger partial charge in [0.2, 0.25) is 11.8 Å². The Morgan fingerprint density at radius 3 is 2.43 bits per heavy atom. The Morgan fingerprint density at radius 2 is 1.77 bits per heavy atom. The summed E-state index contributed by atoms with van der Waals surface area (Å²) < 4.78 is 1.08. The second kappa shape index (κ2) is 9.17. The molecule has 2 N–H and O–H groups in total. The second-order valence-corrected chi connectivity index (χ2v) is 6.96. The van der Waals surface area contributed by atoms with Gasteiger partial charge in [0, 0.05) is 18.2 Å². The standard InChI is InChI=1S/C23H24N4O3/c1-4-17-12-8-9-15(2)22(17)25-21(29)14-27-23(30)20(24-16(3)28)13-19(26-27)18-10-6-5-7-11-18/h5-13H,4,14H2,1-3H3,(H,24,28)(H,25,29). The molecule has 0 bridgehead atoms. The van der Waals surface area contributed by atoms with E-state index >= 15 is 0 Å². The lowest BCUT2D eigenvalue weighted by atomic mass is 10.1. The van der Waals surface area contributed by atoms with Gasteiger partial charge in [-0.3, -0.25) is 14.4 Å². The molecule has 7 nitrogen and oxygen atoms in total. The van der Waals surface area contributed by atoms with Crippen molar-refractivity contribution in [1.82, 2.24) is 9.78 Å². The summed E-state index contributed by atoms with van der Waals surface area (Å²) in [7, 11) is 0. The second-order valence-electron chi connectivity index (χ2n) is 6.96. The van der Waals surface area contributed by atoms with E-state index in [1.165, 1.54) is 13.0 Å². The van der Waals surface area contributed by atoms with Gasteiger partial charge in [-0.05, 0) is 30.5 Å². The molecule has 2 amide bonds. The molecule has 0 unspecified atom stereocenters. The van der Waals surface area contributed by atoms with E-state index in [4.69, 9.17) is 0 Å². The van der Waals surface area contributed by atoms with Crippen molar-refractivity contribution in [2.45, 2.75) is 33.7 Å². The molecule has 154 valence electrons. The van der Waals surface area contributed by atoms with Gasteiger partial charge in [0.1, 0.15) is 12.2 Å². The maximum Gasteiger partial charge on any atom is 0.291 e. The predicted octanol–water partition coefficient (Wildman–Crippen LogP) is 3.38. The molecule has 30 heavy (non-hydrogen) atoms. The average Bonchev–Trinajstić information content (AvgIpc) is 2.72. The third kappa shape index (κ3) is 4.81. The summed E-state index contributed by atoms with van der Waals surface area (Å²) in [6.07, 6.45) is 0.770. The van der Waals surface area contributed by atoms with Crippen molar-refractivity contribution < 1.29 is 9.59 Å². The van der Waals surface area contributed by atoms with Gasteiger partial charge >= 0.3 is 0 Å². The number of hydrogen-bond donors (Lipinski definition) is 2. The van der Waals surface area contributed by atoms with E-state index in [0.717, 1.165) is 33.5 Å². The number of carbonyl (C=O) groups excluding carboxylic acids is 2. The smallest absolute Gasteiger partial charge is 0.291 e. The van der Waals surface area contributed by atoms with Gasteiger partial charge in [0.15, 0.2) is 0 Å². The monoisotopic (exact) mass is 404 g/mol. The average molecular weight is 404 g/mol. The fourth-order valence-corrected chi connectivity index (χ4v) is 3.20. The topological polar surface area (TPSA) is 93.1 Å². The van der Waals surface area contributed by atoms with Gasteiger partial charge in [-0.15, -0.1) is 0 Å². The summed E-state index contributed by atoms with van der Waals surface area (Å²) in [6, 6.07) is 16.6. The summed E-state index contributed by atoms with van der Waals surface area (Å²) in [5, 5.41) is 9.78. The Morgan fingerprint density at radius 1 is 1.03 bits per heavy atom. The summed E-state index contributed by atoms with van der Waals surface area (Å²) in [6.45, 7) is 4.98. The molecule has 3 aromatic rings. The first-order chi connectivity index (χ1) is 14.4. The normalized spacial score (nSPS) is 10.5. The highest BCUT2D eigenvalue weighted by Gasteiger charge is 2.15. The zero-order chi connectivity index (χ0) is 21.7. The van der Waals surface area contributed by atoms with E-state index in [0.29, 0.717) is 5.69 Å². The Kier molecular flexibility index (Phi) is 6.41. The van der Waals surface area contributed by atoms with Crippen molar-refractivity contribution in [3.63, 3.8) is 0 Å². The number of rotatable bonds is 6. The largest absolute Gasteiger partial charge is 0.324 e. The van der Waals surface area contributed by atoms with Crippen LogP contribution in [0.4, 0.5) is 11.4 Å². The lowest BCUT2D eigenvalue weighted by molar-refractivity contribution is -0.117. The molecule has 1 aromatic heterocycles. The SMILES string of the molecule is CCc1cccc(C)c1NC(=O)Cn1nc(-c2ccccc2)cc(NC(C)=O)c1=O. The number of benzene rings is 2. The van der Waals surface area contributed by atoms with Gasteiger partial charge in [-0.25, -0.2) is 4.68 Å². The van der Waals surface area contributed by atoms with Crippen LogP contribution in [0.2, 0.25) is 0 Å². The first-order valence-corrected chi connectivity index (χ1v) is 9.72. The predicted molar refractivity (Wildman–Crippen MR) is 117 cm³/mol. The number of aryl methyl sites for hydroxylation is 2. The molecule has 0 spiro atoms. The van der Waals surface area contributed by atoms with E-state index in [2.05, 4.69) is 15.7 Å².